The van der Waals surface area contributed by atoms with E-state index in [1.165, 1.54) is 11.8 Å². The van der Waals surface area contributed by atoms with E-state index in [1.54, 1.807) is 18.7 Å². The maximum atomic E-state index is 14.1. The minimum absolute atomic E-state index is 0.00149. The van der Waals surface area contributed by atoms with Gasteiger partial charge in [-0.3, -0.25) is 43.2 Å². The lowest BCUT2D eigenvalue weighted by Crippen LogP contribution is -2.60. The molecule has 0 unspecified atom stereocenters. The molecule has 2 rings (SSSR count). The molecule has 0 saturated heterocycles. The fraction of sp³-hybridized carbons (Fsp3) is 0.722. The predicted molar refractivity (Wildman–Crippen MR) is 300 cm³/mol. The molecule has 1 aliphatic heterocycles. The van der Waals surface area contributed by atoms with Gasteiger partial charge in [0, 0.05) is 81.5 Å². The zero-order chi connectivity index (χ0) is 56.8. The van der Waals surface area contributed by atoms with Gasteiger partial charge in [0.1, 0.15) is 30.2 Å². The number of thioether (sulfide) groups is 2. The molecule has 0 aromatic heterocycles. The number of benzene rings is 1. The Morgan fingerprint density at radius 2 is 1.29 bits per heavy atom. The van der Waals surface area contributed by atoms with Gasteiger partial charge in [-0.15, -0.1) is 0 Å². The van der Waals surface area contributed by atoms with Crippen molar-refractivity contribution in [2.24, 2.45) is 17.6 Å². The summed E-state index contributed by atoms with van der Waals surface area (Å²) in [5.41, 5.74) is 7.60. The molecule has 0 saturated carbocycles. The van der Waals surface area contributed by atoms with Gasteiger partial charge in [0.25, 0.3) is 0 Å². The van der Waals surface area contributed by atoms with Gasteiger partial charge in [-0.1, -0.05) is 71.7 Å². The smallest absolute Gasteiger partial charge is 0.243 e. The molecule has 23 heteroatoms. The molecule has 9 amide bonds. The zero-order valence-electron chi connectivity index (χ0n) is 46.5. The number of nitrogens with two attached hydrogens (primary N) is 1. The summed E-state index contributed by atoms with van der Waals surface area (Å²) in [6.45, 7) is 14.4. The van der Waals surface area contributed by atoms with Crippen molar-refractivity contribution >= 4 is 76.7 Å². The first kappa shape index (κ1) is 68.1. The van der Waals surface area contributed by atoms with Gasteiger partial charge in [0.15, 0.2) is 0 Å². The lowest BCUT2D eigenvalue weighted by atomic mass is 9.96. The highest BCUT2D eigenvalue weighted by atomic mass is 32.2. The first-order valence-corrected chi connectivity index (χ1v) is 29.8. The van der Waals surface area contributed by atoms with Gasteiger partial charge in [0.05, 0.1) is 26.4 Å². The van der Waals surface area contributed by atoms with E-state index in [2.05, 4.69) is 48.6 Å². The Balaban J connectivity index is 1.76. The zero-order valence-corrected chi connectivity index (χ0v) is 48.2. The van der Waals surface area contributed by atoms with Crippen molar-refractivity contribution in [3.8, 4) is 0 Å². The molecular formula is C54H91N9O12S2. The summed E-state index contributed by atoms with van der Waals surface area (Å²) in [7, 11) is 0. The number of hydrogen-bond donors (Lipinski definition) is 9. The second-order valence-electron chi connectivity index (χ2n) is 19.7. The summed E-state index contributed by atoms with van der Waals surface area (Å²) in [4.78, 5) is 116. The van der Waals surface area contributed by atoms with E-state index in [4.69, 9.17) is 19.9 Å². The summed E-state index contributed by atoms with van der Waals surface area (Å²) >= 11 is 3.11. The average Bonchev–Trinajstić information content (AvgIpc) is 3.39. The van der Waals surface area contributed by atoms with E-state index in [1.807, 2.05) is 52.8 Å². The molecule has 77 heavy (non-hydrogen) atoms. The highest BCUT2D eigenvalue weighted by Crippen LogP contribution is 2.20. The van der Waals surface area contributed by atoms with Crippen LogP contribution in [0.1, 0.15) is 136 Å². The summed E-state index contributed by atoms with van der Waals surface area (Å²) in [5, 5.41) is 22.4. The minimum Gasteiger partial charge on any atom is -0.379 e. The quantitative estimate of drug-likeness (QED) is 0.0469. The molecular weight excluding hydrogens is 1030 g/mol. The molecule has 436 valence electrons. The number of carbonyl (C=O) groups excluding carboxylic acids is 9. The molecule has 21 nitrogen and oxygen atoms in total. The van der Waals surface area contributed by atoms with E-state index >= 15 is 0 Å². The Labute approximate surface area is 465 Å². The van der Waals surface area contributed by atoms with Gasteiger partial charge >= 0.3 is 0 Å². The number of rotatable bonds is 32. The van der Waals surface area contributed by atoms with Crippen LogP contribution in [-0.4, -0.2) is 154 Å². The summed E-state index contributed by atoms with van der Waals surface area (Å²) < 4.78 is 16.9. The Hall–Kier alpha value is -4.97. The monoisotopic (exact) mass is 1120 g/mol. The average molecular weight is 1120 g/mol. The van der Waals surface area contributed by atoms with Gasteiger partial charge in [-0.05, 0) is 74.8 Å². The van der Waals surface area contributed by atoms with Crippen LogP contribution in [0.25, 0.3) is 0 Å². The van der Waals surface area contributed by atoms with Crippen LogP contribution in [0.15, 0.2) is 24.3 Å². The third-order valence-electron chi connectivity index (χ3n) is 12.4. The SMILES string of the molecule is CCCCC(=O)NCCCC[C@H](NC(=O)CCC(=O)NCCCOCCOCCOCCCNC(=O)[C@@H]1CSCc2cccc(c2)CSCCC(=O)N[C@@H](C)C(=O)N[C@@H](CC(C)C)C(=O)N[C@@H]([C@@H](C)CC)C(=O)N1)C(N)=O. The second kappa shape index (κ2) is 41.1. The van der Waals surface area contributed by atoms with E-state index in [-0.39, 0.29) is 60.5 Å². The first-order valence-electron chi connectivity index (χ1n) is 27.5. The lowest BCUT2D eigenvalue weighted by molar-refractivity contribution is -0.135. The molecule has 6 atom stereocenters. The molecule has 0 fully saturated rings. The molecule has 10 N–H and O–H groups in total. The first-order chi connectivity index (χ1) is 36.9. The number of primary amides is 1. The maximum Gasteiger partial charge on any atom is 0.243 e. The molecule has 1 heterocycles. The Morgan fingerprint density at radius 3 is 1.91 bits per heavy atom. The number of carbonyl (C=O) groups is 9. The maximum absolute atomic E-state index is 14.1. The van der Waals surface area contributed by atoms with Crippen LogP contribution in [0.4, 0.5) is 0 Å². The Kier molecular flexibility index (Phi) is 36.4. The Morgan fingerprint density at radius 1 is 0.688 bits per heavy atom. The highest BCUT2D eigenvalue weighted by molar-refractivity contribution is 7.98. The highest BCUT2D eigenvalue weighted by Gasteiger charge is 2.33. The number of unbranched alkanes of at least 4 members (excludes halogenated alkanes) is 2. The van der Waals surface area contributed by atoms with E-state index in [9.17, 15) is 43.2 Å². The van der Waals surface area contributed by atoms with Crippen LogP contribution in [0.3, 0.4) is 0 Å². The van der Waals surface area contributed by atoms with Crippen LogP contribution in [-0.2, 0) is 68.9 Å². The van der Waals surface area contributed by atoms with Crippen molar-refractivity contribution in [3.05, 3.63) is 35.4 Å². The summed E-state index contributed by atoms with van der Waals surface area (Å²) in [6, 6.07) is 3.48. The fourth-order valence-corrected chi connectivity index (χ4v) is 9.58. The number of ether oxygens (including phenoxy) is 3. The van der Waals surface area contributed by atoms with Crippen LogP contribution in [0, 0.1) is 11.8 Å². The number of hydrogen-bond acceptors (Lipinski definition) is 14. The summed E-state index contributed by atoms with van der Waals surface area (Å²) in [6.07, 6.45) is 5.85. The summed E-state index contributed by atoms with van der Waals surface area (Å²) in [5.74, 6) is -1.77. The molecule has 1 aliphatic rings. The molecule has 0 spiro atoms. The van der Waals surface area contributed by atoms with Crippen LogP contribution in [0.5, 0.6) is 0 Å². The van der Waals surface area contributed by atoms with Crippen molar-refractivity contribution in [3.63, 3.8) is 0 Å². The lowest BCUT2D eigenvalue weighted by Gasteiger charge is -2.29. The molecule has 1 aromatic rings. The Bertz CT molecular complexity index is 1970. The number of amides is 9. The van der Waals surface area contributed by atoms with E-state index < -0.39 is 59.7 Å². The van der Waals surface area contributed by atoms with E-state index in [0.717, 1.165) is 24.0 Å². The molecule has 1 aromatic carbocycles. The van der Waals surface area contributed by atoms with Crippen molar-refractivity contribution in [1.29, 1.82) is 0 Å². The van der Waals surface area contributed by atoms with Crippen molar-refractivity contribution < 1.29 is 57.4 Å². The van der Waals surface area contributed by atoms with Gasteiger partial charge in [0.2, 0.25) is 53.2 Å². The van der Waals surface area contributed by atoms with E-state index in [0.29, 0.717) is 128 Å². The predicted octanol–water partition coefficient (Wildman–Crippen LogP) is 2.90. The molecule has 2 bridgehead atoms. The standard InChI is InChI=1S/C54H91N9O12S2/c1-7-9-18-45(64)56-22-11-10-17-42(50(55)68)60-47(66)20-19-46(65)57-23-13-25-73-27-29-75-30-28-74-26-14-24-58-52(70)44-36-77-35-41-16-12-15-40(33-41)34-76-31-21-48(67)59-39(6)51(69)61-43(32-37(3)4)53(71)63-49(38(5)8-2)54(72)62-44/h12,15-16,33,37-39,42-44,49H,7-11,13-14,17-32,34-36H2,1-6H3,(H2,55,68)(H,56,64)(H,57,65)(H,58,70)(H,59,67)(H,60,66)(H,61,69)(H,62,72)(H,63,71)/t38-,39-,42-,43-,44-,49-/m0/s1. The molecule has 0 radical (unpaired) electrons. The normalized spacial score (nSPS) is 18.9. The fourth-order valence-electron chi connectivity index (χ4n) is 7.69. The van der Waals surface area contributed by atoms with Crippen LogP contribution in [0.2, 0.25) is 0 Å². The van der Waals surface area contributed by atoms with Crippen molar-refractivity contribution in [2.45, 2.75) is 167 Å². The van der Waals surface area contributed by atoms with Crippen molar-refractivity contribution in [1.82, 2.24) is 42.5 Å². The third-order valence-corrected chi connectivity index (χ3v) is 14.5. The van der Waals surface area contributed by atoms with Crippen LogP contribution >= 0.6 is 23.5 Å². The largest absolute Gasteiger partial charge is 0.379 e. The third kappa shape index (κ3) is 31.9. The minimum atomic E-state index is -0.997. The molecule has 0 aliphatic carbocycles. The van der Waals surface area contributed by atoms with Crippen molar-refractivity contribution in [2.75, 3.05) is 70.8 Å². The van der Waals surface area contributed by atoms with Gasteiger partial charge in [-0.2, -0.15) is 23.5 Å². The van der Waals surface area contributed by atoms with Crippen LogP contribution < -0.4 is 48.3 Å². The van der Waals surface area contributed by atoms with Gasteiger partial charge in [-0.25, -0.2) is 0 Å². The topological polar surface area (TPSA) is 304 Å². The number of nitrogens with one attached hydrogen (secondary N) is 8. The number of fused-ring (bicyclic) bond motifs is 2. The van der Waals surface area contributed by atoms with Gasteiger partial charge < -0.3 is 62.5 Å². The second-order valence-corrected chi connectivity index (χ2v) is 21.8.